The average molecular weight is 484 g/mol. The van der Waals surface area contributed by atoms with Crippen molar-refractivity contribution in [2.45, 2.75) is 44.2 Å². The molecule has 3 aromatic heterocycles. The lowest BCUT2D eigenvalue weighted by molar-refractivity contribution is -0.113. The highest BCUT2D eigenvalue weighted by Gasteiger charge is 2.23. The predicted molar refractivity (Wildman–Crippen MR) is 131 cm³/mol. The van der Waals surface area contributed by atoms with E-state index in [-0.39, 0.29) is 11.7 Å². The zero-order chi connectivity index (χ0) is 22.9. The van der Waals surface area contributed by atoms with E-state index in [1.165, 1.54) is 35.0 Å². The number of ether oxygens (including phenoxy) is 2. The highest BCUT2D eigenvalue weighted by Crippen LogP contribution is 2.38. The van der Waals surface area contributed by atoms with E-state index >= 15 is 0 Å². The number of benzene rings is 1. The number of fused-ring (bicyclic) bond motifs is 5. The first-order valence-electron chi connectivity index (χ1n) is 11.0. The molecule has 0 bridgehead atoms. The summed E-state index contributed by atoms with van der Waals surface area (Å²) >= 11 is 3.15. The van der Waals surface area contributed by atoms with E-state index in [1.54, 1.807) is 43.8 Å². The van der Waals surface area contributed by atoms with Crippen LogP contribution in [0.3, 0.4) is 0 Å². The van der Waals surface area contributed by atoms with Crippen LogP contribution in [0.15, 0.2) is 23.4 Å². The van der Waals surface area contributed by atoms with Crippen molar-refractivity contribution in [1.29, 1.82) is 0 Å². The molecule has 5 rings (SSSR count). The summed E-state index contributed by atoms with van der Waals surface area (Å²) in [5.74, 6) is 2.15. The molecule has 3 heterocycles. The molecule has 0 radical (unpaired) electrons. The molecule has 1 aliphatic rings. The lowest BCUT2D eigenvalue weighted by Crippen LogP contribution is -2.15. The van der Waals surface area contributed by atoms with Gasteiger partial charge in [0.25, 0.3) is 0 Å². The minimum atomic E-state index is -0.164. The van der Waals surface area contributed by atoms with Crippen LogP contribution in [0, 0.1) is 0 Å². The van der Waals surface area contributed by atoms with Gasteiger partial charge in [0, 0.05) is 17.4 Å². The SMILES string of the molecule is CCc1nc2sc3c(c2c2nnc(SCC(=O)Nc4cc(OC)ccc4OC)n12)CCCC3. The van der Waals surface area contributed by atoms with Gasteiger partial charge in [-0.2, -0.15) is 0 Å². The summed E-state index contributed by atoms with van der Waals surface area (Å²) in [4.78, 5) is 20.2. The van der Waals surface area contributed by atoms with Crippen molar-refractivity contribution in [3.05, 3.63) is 34.5 Å². The number of carbonyl (C=O) groups excluding carboxylic acids is 1. The van der Waals surface area contributed by atoms with Crippen LogP contribution in [0.25, 0.3) is 15.9 Å². The van der Waals surface area contributed by atoms with E-state index in [0.717, 1.165) is 41.0 Å². The molecular weight excluding hydrogens is 458 g/mol. The normalized spacial score (nSPS) is 13.3. The van der Waals surface area contributed by atoms with Gasteiger partial charge in [-0.3, -0.25) is 9.20 Å². The number of carbonyl (C=O) groups is 1. The van der Waals surface area contributed by atoms with E-state index in [4.69, 9.17) is 14.5 Å². The Morgan fingerprint density at radius 2 is 2.06 bits per heavy atom. The van der Waals surface area contributed by atoms with Crippen molar-refractivity contribution in [1.82, 2.24) is 19.6 Å². The van der Waals surface area contributed by atoms with Gasteiger partial charge in [0.05, 0.1) is 31.0 Å². The predicted octanol–water partition coefficient (Wildman–Crippen LogP) is 4.53. The molecule has 0 saturated carbocycles. The van der Waals surface area contributed by atoms with E-state index < -0.39 is 0 Å². The highest BCUT2D eigenvalue weighted by atomic mass is 32.2. The monoisotopic (exact) mass is 483 g/mol. The Labute approximate surface area is 199 Å². The Morgan fingerprint density at radius 1 is 1.21 bits per heavy atom. The van der Waals surface area contributed by atoms with E-state index in [9.17, 15) is 4.79 Å². The first kappa shape index (κ1) is 22.0. The smallest absolute Gasteiger partial charge is 0.234 e. The number of nitrogens with zero attached hydrogens (tertiary/aromatic N) is 4. The molecule has 0 unspecified atom stereocenters. The van der Waals surface area contributed by atoms with Gasteiger partial charge in [0.2, 0.25) is 5.91 Å². The van der Waals surface area contributed by atoms with Crippen LogP contribution in [0.5, 0.6) is 11.5 Å². The van der Waals surface area contributed by atoms with Crippen molar-refractivity contribution < 1.29 is 14.3 Å². The van der Waals surface area contributed by atoms with Crippen LogP contribution in [-0.2, 0) is 24.1 Å². The van der Waals surface area contributed by atoms with E-state index in [0.29, 0.717) is 22.3 Å². The number of anilines is 1. The fourth-order valence-electron chi connectivity index (χ4n) is 4.25. The van der Waals surface area contributed by atoms with Gasteiger partial charge in [-0.05, 0) is 43.4 Å². The number of nitrogens with one attached hydrogen (secondary N) is 1. The summed E-state index contributed by atoms with van der Waals surface area (Å²) in [5, 5.41) is 13.7. The maximum atomic E-state index is 12.7. The number of methoxy groups -OCH3 is 2. The van der Waals surface area contributed by atoms with Crippen molar-refractivity contribution in [2.75, 3.05) is 25.3 Å². The standard InChI is InChI=1S/C23H25N5O3S2/c1-4-18-25-22-20(14-7-5-6-8-17(14)33-22)21-26-27-23(28(18)21)32-12-19(29)24-15-11-13(30-2)9-10-16(15)31-3/h9-11H,4-8,12H2,1-3H3,(H,24,29). The highest BCUT2D eigenvalue weighted by molar-refractivity contribution is 7.99. The Kier molecular flexibility index (Phi) is 6.11. The second-order valence-corrected chi connectivity index (χ2v) is 9.84. The Morgan fingerprint density at radius 3 is 2.85 bits per heavy atom. The Hall–Kier alpha value is -2.85. The number of hydrogen-bond acceptors (Lipinski definition) is 8. The van der Waals surface area contributed by atoms with Crippen LogP contribution >= 0.6 is 23.1 Å². The first-order chi connectivity index (χ1) is 16.1. The third-order valence-electron chi connectivity index (χ3n) is 5.83. The fraction of sp³-hybridized carbons (Fsp3) is 0.391. The van der Waals surface area contributed by atoms with Gasteiger partial charge in [0.1, 0.15) is 22.2 Å². The second-order valence-electron chi connectivity index (χ2n) is 7.82. The summed E-state index contributed by atoms with van der Waals surface area (Å²) in [6.07, 6.45) is 5.38. The van der Waals surface area contributed by atoms with E-state index in [2.05, 4.69) is 22.4 Å². The second kappa shape index (κ2) is 9.18. The molecule has 0 saturated heterocycles. The number of thiophene rings is 1. The number of hydrogen-bond donors (Lipinski definition) is 1. The molecule has 4 aromatic rings. The summed E-state index contributed by atoms with van der Waals surface area (Å²) in [6.45, 7) is 2.08. The summed E-state index contributed by atoms with van der Waals surface area (Å²) in [6, 6.07) is 5.29. The molecule has 33 heavy (non-hydrogen) atoms. The van der Waals surface area contributed by atoms with Gasteiger partial charge in [-0.15, -0.1) is 21.5 Å². The summed E-state index contributed by atoms with van der Waals surface area (Å²) < 4.78 is 12.6. The number of amides is 1. The van der Waals surface area contributed by atoms with Crippen LogP contribution in [0.2, 0.25) is 0 Å². The van der Waals surface area contributed by atoms with Crippen molar-refractivity contribution >= 4 is 50.6 Å². The van der Waals surface area contributed by atoms with Crippen LogP contribution in [0.1, 0.15) is 36.0 Å². The topological polar surface area (TPSA) is 90.6 Å². The van der Waals surface area contributed by atoms with Gasteiger partial charge < -0.3 is 14.8 Å². The molecular formula is C23H25N5O3S2. The number of aromatic nitrogens is 4. The molecule has 0 fully saturated rings. The van der Waals surface area contributed by atoms with Crippen molar-refractivity contribution in [2.24, 2.45) is 0 Å². The maximum Gasteiger partial charge on any atom is 0.234 e. The van der Waals surface area contributed by atoms with Crippen LogP contribution in [-0.4, -0.2) is 45.5 Å². The zero-order valence-corrected chi connectivity index (χ0v) is 20.4. The minimum absolute atomic E-state index is 0.164. The summed E-state index contributed by atoms with van der Waals surface area (Å²) in [7, 11) is 3.15. The first-order valence-corrected chi connectivity index (χ1v) is 12.8. The minimum Gasteiger partial charge on any atom is -0.497 e. The van der Waals surface area contributed by atoms with Gasteiger partial charge >= 0.3 is 0 Å². The zero-order valence-electron chi connectivity index (χ0n) is 18.8. The number of thioether (sulfide) groups is 1. The lowest BCUT2D eigenvalue weighted by atomic mass is 9.97. The number of aryl methyl sites for hydroxylation is 3. The quantitative estimate of drug-likeness (QED) is 0.386. The lowest BCUT2D eigenvalue weighted by Gasteiger charge is -2.12. The molecule has 172 valence electrons. The van der Waals surface area contributed by atoms with Gasteiger partial charge in [-0.1, -0.05) is 18.7 Å². The van der Waals surface area contributed by atoms with Crippen LogP contribution < -0.4 is 14.8 Å². The summed E-state index contributed by atoms with van der Waals surface area (Å²) in [5.41, 5.74) is 2.80. The Balaban J connectivity index is 1.42. The molecule has 8 nitrogen and oxygen atoms in total. The largest absolute Gasteiger partial charge is 0.497 e. The van der Waals surface area contributed by atoms with Gasteiger partial charge in [-0.25, -0.2) is 4.98 Å². The average Bonchev–Trinajstić information content (AvgIpc) is 3.43. The third-order valence-corrected chi connectivity index (χ3v) is 7.94. The third kappa shape index (κ3) is 4.02. The molecule has 0 spiro atoms. The molecule has 1 N–H and O–H groups in total. The van der Waals surface area contributed by atoms with E-state index in [1.807, 2.05) is 4.40 Å². The molecule has 0 aliphatic heterocycles. The molecule has 0 atom stereocenters. The van der Waals surface area contributed by atoms with Gasteiger partial charge in [0.15, 0.2) is 10.8 Å². The number of rotatable bonds is 7. The molecule has 1 amide bonds. The maximum absolute atomic E-state index is 12.7. The van der Waals surface area contributed by atoms with Crippen LogP contribution in [0.4, 0.5) is 5.69 Å². The Bertz CT molecular complexity index is 1350. The molecule has 10 heteroatoms. The molecule has 1 aromatic carbocycles. The van der Waals surface area contributed by atoms with Crippen molar-refractivity contribution in [3.8, 4) is 11.5 Å². The molecule has 1 aliphatic carbocycles. The van der Waals surface area contributed by atoms with Crippen molar-refractivity contribution in [3.63, 3.8) is 0 Å². The fourth-order valence-corrected chi connectivity index (χ4v) is 6.28.